The van der Waals surface area contributed by atoms with E-state index >= 15 is 0 Å². The van der Waals surface area contributed by atoms with Crippen LogP contribution < -0.4 is 5.73 Å². The molecule has 0 aromatic heterocycles. The molecule has 1 nitrogen and oxygen atoms in total. The second-order valence-corrected chi connectivity index (χ2v) is 5.23. The Bertz CT molecular complexity index is 359. The monoisotopic (exact) mass is 241 g/mol. The Morgan fingerprint density at radius 3 is 2.69 bits per heavy atom. The first-order valence-corrected chi connectivity index (χ1v) is 6.14. The highest BCUT2D eigenvalue weighted by Gasteiger charge is 2.34. The average molecular weight is 242 g/mol. The first-order valence-electron chi connectivity index (χ1n) is 5.76. The zero-order chi connectivity index (χ0) is 11.6. The molecule has 1 saturated carbocycles. The van der Waals surface area contributed by atoms with E-state index in [9.17, 15) is 4.39 Å². The topological polar surface area (TPSA) is 26.0 Å². The van der Waals surface area contributed by atoms with Gasteiger partial charge in [0.05, 0.1) is 0 Å². The predicted molar refractivity (Wildman–Crippen MR) is 65.4 cm³/mol. The number of halogens is 2. The van der Waals surface area contributed by atoms with Crippen LogP contribution in [0.15, 0.2) is 24.3 Å². The van der Waals surface area contributed by atoms with Gasteiger partial charge in [0.1, 0.15) is 5.67 Å². The molecule has 88 valence electrons. The molecule has 0 heterocycles. The molecule has 0 amide bonds. The van der Waals surface area contributed by atoms with Crippen LogP contribution in [0, 0.1) is 0 Å². The highest BCUT2D eigenvalue weighted by Crippen LogP contribution is 2.34. The van der Waals surface area contributed by atoms with E-state index in [-0.39, 0.29) is 6.04 Å². The van der Waals surface area contributed by atoms with E-state index < -0.39 is 5.67 Å². The molecule has 3 heteroatoms. The first-order chi connectivity index (χ1) is 7.57. The molecular formula is C13H17ClFN. The summed E-state index contributed by atoms with van der Waals surface area (Å²) in [5.74, 6) is 0. The Labute approximate surface area is 101 Å². The van der Waals surface area contributed by atoms with E-state index in [1.165, 1.54) is 0 Å². The second-order valence-electron chi connectivity index (χ2n) is 4.80. The van der Waals surface area contributed by atoms with E-state index in [2.05, 4.69) is 0 Å². The first kappa shape index (κ1) is 11.9. The van der Waals surface area contributed by atoms with Gasteiger partial charge in [-0.05, 0) is 43.4 Å². The zero-order valence-electron chi connectivity index (χ0n) is 9.26. The van der Waals surface area contributed by atoms with Crippen molar-refractivity contribution < 1.29 is 4.39 Å². The third-order valence-corrected chi connectivity index (χ3v) is 3.57. The van der Waals surface area contributed by atoms with E-state index in [1.54, 1.807) is 0 Å². The molecule has 0 atom stereocenters. The lowest BCUT2D eigenvalue weighted by Gasteiger charge is -2.32. The van der Waals surface area contributed by atoms with Gasteiger partial charge >= 0.3 is 0 Å². The lowest BCUT2D eigenvalue weighted by atomic mass is 9.80. The summed E-state index contributed by atoms with van der Waals surface area (Å²) in [6.45, 7) is 0. The fraction of sp³-hybridized carbons (Fsp3) is 0.538. The molecule has 1 fully saturated rings. The number of benzene rings is 1. The smallest absolute Gasteiger partial charge is 0.115 e. The summed E-state index contributed by atoms with van der Waals surface area (Å²) < 4.78 is 14.5. The summed E-state index contributed by atoms with van der Waals surface area (Å²) >= 11 is 5.89. The molecule has 1 aliphatic rings. The quantitative estimate of drug-likeness (QED) is 0.843. The number of hydrogen-bond acceptors (Lipinski definition) is 1. The Hall–Kier alpha value is -0.600. The highest BCUT2D eigenvalue weighted by molar-refractivity contribution is 6.30. The number of hydrogen-bond donors (Lipinski definition) is 1. The van der Waals surface area contributed by atoms with Crippen molar-refractivity contribution in [2.24, 2.45) is 5.73 Å². The molecule has 0 aliphatic heterocycles. The minimum Gasteiger partial charge on any atom is -0.328 e. The van der Waals surface area contributed by atoms with E-state index in [0.717, 1.165) is 18.4 Å². The summed E-state index contributed by atoms with van der Waals surface area (Å²) in [6, 6.07) is 7.64. The summed E-state index contributed by atoms with van der Waals surface area (Å²) in [4.78, 5) is 0. The minimum atomic E-state index is -1.08. The van der Waals surface area contributed by atoms with Gasteiger partial charge in [-0.3, -0.25) is 0 Å². The van der Waals surface area contributed by atoms with E-state index in [4.69, 9.17) is 17.3 Å². The average Bonchev–Trinajstić information content (AvgIpc) is 2.23. The summed E-state index contributed by atoms with van der Waals surface area (Å²) in [6.07, 6.45) is 3.18. The molecule has 0 unspecified atom stereocenters. The Morgan fingerprint density at radius 1 is 1.38 bits per heavy atom. The highest BCUT2D eigenvalue weighted by atomic mass is 35.5. The van der Waals surface area contributed by atoms with Gasteiger partial charge < -0.3 is 5.73 Å². The maximum absolute atomic E-state index is 14.5. The number of alkyl halides is 1. The van der Waals surface area contributed by atoms with Crippen molar-refractivity contribution in [2.75, 3.05) is 0 Å². The lowest BCUT2D eigenvalue weighted by molar-refractivity contribution is 0.0995. The number of rotatable bonds is 2. The molecule has 0 saturated heterocycles. The van der Waals surface area contributed by atoms with Gasteiger partial charge in [0.2, 0.25) is 0 Å². The van der Waals surface area contributed by atoms with Gasteiger partial charge in [-0.25, -0.2) is 4.39 Å². The molecule has 2 N–H and O–H groups in total. The molecule has 0 bridgehead atoms. The van der Waals surface area contributed by atoms with Crippen LogP contribution in [0.1, 0.15) is 31.2 Å². The Balaban J connectivity index is 2.03. The van der Waals surface area contributed by atoms with Crippen molar-refractivity contribution in [3.8, 4) is 0 Å². The SMILES string of the molecule is NC1CCC(F)(Cc2cccc(Cl)c2)CC1. The van der Waals surface area contributed by atoms with Crippen LogP contribution in [0.3, 0.4) is 0 Å². The predicted octanol–water partition coefficient (Wildman–Crippen LogP) is 3.49. The van der Waals surface area contributed by atoms with Gasteiger partial charge in [-0.2, -0.15) is 0 Å². The molecule has 1 aromatic rings. The van der Waals surface area contributed by atoms with Gasteiger partial charge in [0.25, 0.3) is 0 Å². The van der Waals surface area contributed by atoms with Crippen LogP contribution in [0.25, 0.3) is 0 Å². The van der Waals surface area contributed by atoms with Crippen molar-refractivity contribution in [1.29, 1.82) is 0 Å². The molecule has 2 rings (SSSR count). The second kappa shape index (κ2) is 4.72. The summed E-state index contributed by atoms with van der Waals surface area (Å²) in [7, 11) is 0. The van der Waals surface area contributed by atoms with Crippen LogP contribution in [-0.2, 0) is 6.42 Å². The minimum absolute atomic E-state index is 0.184. The van der Waals surface area contributed by atoms with Gasteiger partial charge in [-0.1, -0.05) is 23.7 Å². The van der Waals surface area contributed by atoms with E-state index in [1.807, 2.05) is 24.3 Å². The van der Waals surface area contributed by atoms with Crippen molar-refractivity contribution in [1.82, 2.24) is 0 Å². The van der Waals surface area contributed by atoms with Crippen LogP contribution in [0.5, 0.6) is 0 Å². The van der Waals surface area contributed by atoms with Crippen molar-refractivity contribution in [3.05, 3.63) is 34.9 Å². The van der Waals surface area contributed by atoms with Gasteiger partial charge in [-0.15, -0.1) is 0 Å². The summed E-state index contributed by atoms with van der Waals surface area (Å²) in [5, 5.41) is 0.675. The van der Waals surface area contributed by atoms with Crippen molar-refractivity contribution in [2.45, 2.75) is 43.8 Å². The molecule has 0 radical (unpaired) electrons. The normalized spacial score (nSPS) is 30.3. The van der Waals surface area contributed by atoms with Crippen molar-refractivity contribution >= 4 is 11.6 Å². The van der Waals surface area contributed by atoms with Crippen LogP contribution in [-0.4, -0.2) is 11.7 Å². The van der Waals surface area contributed by atoms with Crippen LogP contribution >= 0.6 is 11.6 Å². The molecule has 1 aliphatic carbocycles. The van der Waals surface area contributed by atoms with Gasteiger partial charge in [0, 0.05) is 17.5 Å². The third-order valence-electron chi connectivity index (χ3n) is 3.34. The maximum atomic E-state index is 14.5. The fourth-order valence-electron chi connectivity index (χ4n) is 2.35. The van der Waals surface area contributed by atoms with E-state index in [0.29, 0.717) is 24.3 Å². The zero-order valence-corrected chi connectivity index (χ0v) is 10.0. The van der Waals surface area contributed by atoms with Crippen LogP contribution in [0.2, 0.25) is 5.02 Å². The maximum Gasteiger partial charge on any atom is 0.115 e. The summed E-state index contributed by atoms with van der Waals surface area (Å²) in [5.41, 5.74) is 5.68. The fourth-order valence-corrected chi connectivity index (χ4v) is 2.56. The number of nitrogens with two attached hydrogens (primary N) is 1. The largest absolute Gasteiger partial charge is 0.328 e. The Kier molecular flexibility index (Phi) is 3.50. The molecule has 1 aromatic carbocycles. The molecule has 0 spiro atoms. The van der Waals surface area contributed by atoms with Gasteiger partial charge in [0.15, 0.2) is 0 Å². The third kappa shape index (κ3) is 2.96. The standard InChI is InChI=1S/C13H17ClFN/c14-11-3-1-2-10(8-11)9-13(15)6-4-12(16)5-7-13/h1-3,8,12H,4-7,9,16H2. The van der Waals surface area contributed by atoms with Crippen LogP contribution in [0.4, 0.5) is 4.39 Å². The Morgan fingerprint density at radius 2 is 2.06 bits per heavy atom. The lowest BCUT2D eigenvalue weighted by Crippen LogP contribution is -2.37. The molecular weight excluding hydrogens is 225 g/mol. The van der Waals surface area contributed by atoms with Crippen molar-refractivity contribution in [3.63, 3.8) is 0 Å². The molecule has 16 heavy (non-hydrogen) atoms.